The Kier molecular flexibility index (Phi) is 3.54. The first-order valence-electron chi connectivity index (χ1n) is 4.12. The third-order valence-corrected chi connectivity index (χ3v) is 1.59. The molecule has 0 radical (unpaired) electrons. The second kappa shape index (κ2) is 4.69. The van der Waals surface area contributed by atoms with E-state index in [0.717, 1.165) is 11.4 Å². The molecule has 0 spiro atoms. The first-order chi connectivity index (χ1) is 6.18. The van der Waals surface area contributed by atoms with Crippen LogP contribution in [0, 0.1) is 0 Å². The molecule has 0 atom stereocenters. The number of nitrogens with zero attached hydrogens (tertiary/aromatic N) is 1. The third-order valence-electron chi connectivity index (χ3n) is 1.59. The normalized spacial score (nSPS) is 10.4. The molecule has 4 nitrogen and oxygen atoms in total. The number of hydrogen-bond donors (Lipinski definition) is 2. The van der Waals surface area contributed by atoms with Crippen molar-refractivity contribution in [3.8, 4) is 5.75 Å². The Morgan fingerprint density at radius 1 is 1.31 bits per heavy atom. The molecule has 0 fully saturated rings. The summed E-state index contributed by atoms with van der Waals surface area (Å²) in [5, 5.41) is 1.58. The van der Waals surface area contributed by atoms with Crippen molar-refractivity contribution < 1.29 is 4.74 Å². The van der Waals surface area contributed by atoms with Crippen molar-refractivity contribution in [1.29, 1.82) is 0 Å². The van der Waals surface area contributed by atoms with Gasteiger partial charge in [-0.05, 0) is 24.3 Å². The summed E-state index contributed by atoms with van der Waals surface area (Å²) in [4.78, 5) is 0. The van der Waals surface area contributed by atoms with Gasteiger partial charge in [0.2, 0.25) is 0 Å². The van der Waals surface area contributed by atoms with Crippen molar-refractivity contribution in [3.05, 3.63) is 24.3 Å². The van der Waals surface area contributed by atoms with Crippen molar-refractivity contribution in [3.63, 3.8) is 0 Å². The summed E-state index contributed by atoms with van der Waals surface area (Å²) in [6.45, 7) is 1.28. The van der Waals surface area contributed by atoms with E-state index in [1.54, 1.807) is 12.1 Å². The molecule has 1 aromatic rings. The molecule has 0 aliphatic rings. The van der Waals surface area contributed by atoms with E-state index in [1.165, 1.54) is 0 Å². The molecule has 0 aromatic heterocycles. The van der Waals surface area contributed by atoms with Crippen LogP contribution in [0.3, 0.4) is 0 Å². The number of nitrogen functional groups attached to an aromatic ring is 1. The fraction of sp³-hybridized carbons (Fsp3) is 0.333. The molecular weight excluding hydrogens is 166 g/mol. The molecule has 0 saturated carbocycles. The molecule has 1 aromatic carbocycles. The molecule has 0 bridgehead atoms. The predicted molar refractivity (Wildman–Crippen MR) is 53.2 cm³/mol. The maximum Gasteiger partial charge on any atom is 0.119 e. The van der Waals surface area contributed by atoms with Gasteiger partial charge in [0.1, 0.15) is 12.4 Å². The second-order valence-electron chi connectivity index (χ2n) is 2.90. The fourth-order valence-electron chi connectivity index (χ4n) is 0.872. The molecule has 4 N–H and O–H groups in total. The highest BCUT2D eigenvalue weighted by Gasteiger charge is 1.93. The van der Waals surface area contributed by atoms with Crippen LogP contribution >= 0.6 is 0 Å². The second-order valence-corrected chi connectivity index (χ2v) is 2.90. The van der Waals surface area contributed by atoms with Crippen LogP contribution in [0.5, 0.6) is 5.75 Å². The zero-order valence-corrected chi connectivity index (χ0v) is 7.73. The standard InChI is InChI=1S/C9H15N3O/c1-12(11)6-7-13-9-4-2-8(10)3-5-9/h2-5H,6-7,10-11H2,1H3. The lowest BCUT2D eigenvalue weighted by Crippen LogP contribution is -2.30. The van der Waals surface area contributed by atoms with Gasteiger partial charge in [-0.1, -0.05) is 0 Å². The number of ether oxygens (including phenoxy) is 1. The minimum Gasteiger partial charge on any atom is -0.492 e. The smallest absolute Gasteiger partial charge is 0.119 e. The van der Waals surface area contributed by atoms with Gasteiger partial charge in [0, 0.05) is 19.3 Å². The average Bonchev–Trinajstić information content (AvgIpc) is 2.08. The summed E-state index contributed by atoms with van der Waals surface area (Å²) >= 11 is 0. The summed E-state index contributed by atoms with van der Waals surface area (Å²) in [5.41, 5.74) is 6.26. The molecule has 0 unspecified atom stereocenters. The van der Waals surface area contributed by atoms with E-state index in [9.17, 15) is 0 Å². The predicted octanol–water partition coefficient (Wildman–Crippen LogP) is 0.453. The van der Waals surface area contributed by atoms with E-state index in [0.29, 0.717) is 13.2 Å². The van der Waals surface area contributed by atoms with Gasteiger partial charge in [-0.2, -0.15) is 0 Å². The monoisotopic (exact) mass is 181 g/mol. The largest absolute Gasteiger partial charge is 0.492 e. The first-order valence-corrected chi connectivity index (χ1v) is 4.12. The van der Waals surface area contributed by atoms with Crippen molar-refractivity contribution in [2.24, 2.45) is 5.84 Å². The van der Waals surface area contributed by atoms with Gasteiger partial charge in [-0.15, -0.1) is 0 Å². The lowest BCUT2D eigenvalue weighted by atomic mass is 10.3. The van der Waals surface area contributed by atoms with Crippen molar-refractivity contribution >= 4 is 5.69 Å². The fourth-order valence-corrected chi connectivity index (χ4v) is 0.872. The van der Waals surface area contributed by atoms with Gasteiger partial charge < -0.3 is 10.5 Å². The molecule has 0 amide bonds. The zero-order valence-electron chi connectivity index (χ0n) is 7.73. The van der Waals surface area contributed by atoms with E-state index in [2.05, 4.69) is 0 Å². The average molecular weight is 181 g/mol. The molecule has 0 aliphatic carbocycles. The quantitative estimate of drug-likeness (QED) is 0.402. The van der Waals surface area contributed by atoms with Crippen molar-refractivity contribution in [1.82, 2.24) is 5.01 Å². The van der Waals surface area contributed by atoms with Gasteiger partial charge >= 0.3 is 0 Å². The number of hydrazine groups is 1. The van der Waals surface area contributed by atoms with Crippen LogP contribution in [0.2, 0.25) is 0 Å². The van der Waals surface area contributed by atoms with E-state index < -0.39 is 0 Å². The topological polar surface area (TPSA) is 64.5 Å². The lowest BCUT2D eigenvalue weighted by Gasteiger charge is -2.10. The Balaban J connectivity index is 2.33. The summed E-state index contributed by atoms with van der Waals surface area (Å²) in [7, 11) is 1.80. The number of hydrogen-bond acceptors (Lipinski definition) is 4. The lowest BCUT2D eigenvalue weighted by molar-refractivity contribution is 0.241. The molecule has 0 heterocycles. The number of benzene rings is 1. The minimum atomic E-state index is 0.580. The summed E-state index contributed by atoms with van der Waals surface area (Å²) < 4.78 is 5.39. The molecule has 13 heavy (non-hydrogen) atoms. The maximum absolute atomic E-state index is 5.52. The van der Waals surface area contributed by atoms with E-state index >= 15 is 0 Å². The van der Waals surface area contributed by atoms with Crippen LogP contribution in [-0.2, 0) is 0 Å². The third kappa shape index (κ3) is 3.78. The zero-order chi connectivity index (χ0) is 9.68. The van der Waals surface area contributed by atoms with Crippen molar-refractivity contribution in [2.45, 2.75) is 0 Å². The Bertz CT molecular complexity index is 246. The van der Waals surface area contributed by atoms with Crippen LogP contribution in [0.1, 0.15) is 0 Å². The number of nitrogens with two attached hydrogens (primary N) is 2. The Morgan fingerprint density at radius 2 is 1.92 bits per heavy atom. The first kappa shape index (κ1) is 9.83. The van der Waals surface area contributed by atoms with E-state index in [1.807, 2.05) is 24.3 Å². The molecule has 4 heteroatoms. The van der Waals surface area contributed by atoms with Gasteiger partial charge in [-0.3, -0.25) is 5.84 Å². The number of likely N-dealkylation sites (N-methyl/N-ethyl adjacent to an activating group) is 1. The highest BCUT2D eigenvalue weighted by atomic mass is 16.5. The SMILES string of the molecule is CN(N)CCOc1ccc(N)cc1. The summed E-state index contributed by atoms with van der Waals surface area (Å²) in [6, 6.07) is 7.29. The summed E-state index contributed by atoms with van der Waals surface area (Å²) in [5.74, 6) is 6.23. The highest BCUT2D eigenvalue weighted by molar-refractivity contribution is 5.41. The Labute approximate surface area is 78.0 Å². The maximum atomic E-state index is 5.52. The van der Waals surface area contributed by atoms with Gasteiger partial charge in [0.05, 0.1) is 0 Å². The molecular formula is C9H15N3O. The molecule has 72 valence electrons. The van der Waals surface area contributed by atoms with Crippen LogP contribution in [0.15, 0.2) is 24.3 Å². The van der Waals surface area contributed by atoms with Crippen molar-refractivity contribution in [2.75, 3.05) is 25.9 Å². The van der Waals surface area contributed by atoms with Gasteiger partial charge in [-0.25, -0.2) is 5.01 Å². The molecule has 0 aliphatic heterocycles. The molecule has 1 rings (SSSR count). The summed E-state index contributed by atoms with van der Waals surface area (Å²) in [6.07, 6.45) is 0. The van der Waals surface area contributed by atoms with Gasteiger partial charge in [0.25, 0.3) is 0 Å². The minimum absolute atomic E-state index is 0.580. The Morgan fingerprint density at radius 3 is 2.46 bits per heavy atom. The van der Waals surface area contributed by atoms with E-state index in [-0.39, 0.29) is 0 Å². The Hall–Kier alpha value is -1.26. The van der Waals surface area contributed by atoms with Crippen LogP contribution < -0.4 is 16.3 Å². The highest BCUT2D eigenvalue weighted by Crippen LogP contribution is 2.12. The number of anilines is 1. The van der Waals surface area contributed by atoms with Crippen LogP contribution in [-0.4, -0.2) is 25.2 Å². The van der Waals surface area contributed by atoms with Crippen LogP contribution in [0.4, 0.5) is 5.69 Å². The van der Waals surface area contributed by atoms with Gasteiger partial charge in [0.15, 0.2) is 0 Å². The van der Waals surface area contributed by atoms with E-state index in [4.69, 9.17) is 16.3 Å². The van der Waals surface area contributed by atoms with Crippen LogP contribution in [0.25, 0.3) is 0 Å². The number of rotatable bonds is 4. The molecule has 0 saturated heterocycles.